The van der Waals surface area contributed by atoms with Crippen LogP contribution in [0, 0.1) is 5.92 Å². The summed E-state index contributed by atoms with van der Waals surface area (Å²) in [6.45, 7) is 2.78. The van der Waals surface area contributed by atoms with Crippen LogP contribution in [0.25, 0.3) is 0 Å². The van der Waals surface area contributed by atoms with Gasteiger partial charge in [0.05, 0.1) is 6.61 Å². The molecule has 0 aromatic rings. The van der Waals surface area contributed by atoms with E-state index in [1.165, 1.54) is 83.5 Å². The second-order valence-corrected chi connectivity index (χ2v) is 8.52. The number of hydrogen-bond donors (Lipinski definition) is 1. The zero-order valence-corrected chi connectivity index (χ0v) is 18.4. The lowest BCUT2D eigenvalue weighted by molar-refractivity contribution is -0.144. The third-order valence-electron chi connectivity index (χ3n) is 5.89. The van der Waals surface area contributed by atoms with Gasteiger partial charge in [0.2, 0.25) is 5.91 Å². The topological polar surface area (TPSA) is 55.4 Å². The predicted molar refractivity (Wildman–Crippen MR) is 116 cm³/mol. The molecular weight excluding hydrogens is 350 g/mol. The van der Waals surface area contributed by atoms with Crippen molar-refractivity contribution in [3.8, 4) is 0 Å². The van der Waals surface area contributed by atoms with E-state index >= 15 is 0 Å². The van der Waals surface area contributed by atoms with Crippen molar-refractivity contribution in [1.29, 1.82) is 0 Å². The first-order valence-corrected chi connectivity index (χ1v) is 12.2. The van der Waals surface area contributed by atoms with Crippen molar-refractivity contribution in [3.05, 3.63) is 0 Å². The Morgan fingerprint density at radius 3 is 1.64 bits per heavy atom. The number of rotatable bonds is 19. The van der Waals surface area contributed by atoms with Crippen molar-refractivity contribution in [2.24, 2.45) is 5.92 Å². The molecular formula is C24H45NO3. The maximum Gasteiger partial charge on any atom is 0.325 e. The number of hydrogen-bond acceptors (Lipinski definition) is 3. The SMILES string of the molecule is CCCCCCCCCCCCCCCCCOC(=O)CNC(=O)C1CCC1. The molecule has 0 aliphatic heterocycles. The van der Waals surface area contributed by atoms with Gasteiger partial charge in [-0.1, -0.05) is 103 Å². The van der Waals surface area contributed by atoms with E-state index in [0.717, 1.165) is 32.1 Å². The number of amides is 1. The summed E-state index contributed by atoms with van der Waals surface area (Å²) in [6, 6.07) is 0. The van der Waals surface area contributed by atoms with Gasteiger partial charge in [0.1, 0.15) is 6.54 Å². The molecule has 0 bridgehead atoms. The zero-order valence-electron chi connectivity index (χ0n) is 18.4. The smallest absolute Gasteiger partial charge is 0.325 e. The largest absolute Gasteiger partial charge is 0.464 e. The van der Waals surface area contributed by atoms with E-state index in [1.807, 2.05) is 0 Å². The molecule has 0 unspecified atom stereocenters. The summed E-state index contributed by atoms with van der Waals surface area (Å²) >= 11 is 0. The Labute approximate surface area is 173 Å². The van der Waals surface area contributed by atoms with E-state index in [-0.39, 0.29) is 24.3 Å². The monoisotopic (exact) mass is 395 g/mol. The van der Waals surface area contributed by atoms with Gasteiger partial charge < -0.3 is 10.1 Å². The van der Waals surface area contributed by atoms with Crippen molar-refractivity contribution in [2.75, 3.05) is 13.2 Å². The van der Waals surface area contributed by atoms with Crippen molar-refractivity contribution in [1.82, 2.24) is 5.32 Å². The van der Waals surface area contributed by atoms with Gasteiger partial charge in [0, 0.05) is 5.92 Å². The molecule has 0 heterocycles. The zero-order chi connectivity index (χ0) is 20.3. The second-order valence-electron chi connectivity index (χ2n) is 8.52. The highest BCUT2D eigenvalue weighted by atomic mass is 16.5. The summed E-state index contributed by atoms with van der Waals surface area (Å²) in [6.07, 6.45) is 23.0. The van der Waals surface area contributed by atoms with E-state index in [1.54, 1.807) is 0 Å². The van der Waals surface area contributed by atoms with Crippen molar-refractivity contribution < 1.29 is 14.3 Å². The van der Waals surface area contributed by atoms with Crippen LogP contribution in [0.2, 0.25) is 0 Å². The van der Waals surface area contributed by atoms with Gasteiger partial charge in [-0.05, 0) is 19.3 Å². The Hall–Kier alpha value is -1.06. The maximum absolute atomic E-state index is 11.6. The minimum absolute atomic E-state index is 0.00942. The van der Waals surface area contributed by atoms with Crippen LogP contribution in [0.1, 0.15) is 122 Å². The highest BCUT2D eigenvalue weighted by molar-refractivity contribution is 5.83. The third kappa shape index (κ3) is 14.0. The van der Waals surface area contributed by atoms with E-state index < -0.39 is 0 Å². The molecule has 1 amide bonds. The molecule has 28 heavy (non-hydrogen) atoms. The van der Waals surface area contributed by atoms with Gasteiger partial charge in [-0.2, -0.15) is 0 Å². The molecule has 4 nitrogen and oxygen atoms in total. The van der Waals surface area contributed by atoms with Crippen LogP contribution < -0.4 is 5.32 Å². The summed E-state index contributed by atoms with van der Waals surface area (Å²) in [7, 11) is 0. The number of carbonyl (C=O) groups excluding carboxylic acids is 2. The van der Waals surface area contributed by atoms with Crippen molar-refractivity contribution >= 4 is 11.9 Å². The molecule has 0 aromatic carbocycles. The summed E-state index contributed by atoms with van der Waals surface area (Å²) in [5.41, 5.74) is 0. The van der Waals surface area contributed by atoms with Gasteiger partial charge in [-0.3, -0.25) is 9.59 Å². The molecule has 164 valence electrons. The van der Waals surface area contributed by atoms with E-state index in [2.05, 4.69) is 12.2 Å². The molecule has 0 saturated heterocycles. The lowest BCUT2D eigenvalue weighted by Gasteiger charge is -2.23. The minimum Gasteiger partial charge on any atom is -0.464 e. The average Bonchev–Trinajstić information content (AvgIpc) is 2.64. The first-order valence-electron chi connectivity index (χ1n) is 12.2. The van der Waals surface area contributed by atoms with Crippen LogP contribution >= 0.6 is 0 Å². The molecule has 0 atom stereocenters. The van der Waals surface area contributed by atoms with Gasteiger partial charge >= 0.3 is 5.97 Å². The normalized spacial score (nSPS) is 13.9. The standard InChI is InChI=1S/C24H45NO3/c1-2-3-4-5-6-7-8-9-10-11-12-13-14-15-16-20-28-23(26)21-25-24(27)22-18-17-19-22/h22H,2-21H2,1H3,(H,25,27). The summed E-state index contributed by atoms with van der Waals surface area (Å²) in [4.78, 5) is 23.2. The fourth-order valence-electron chi connectivity index (χ4n) is 3.68. The molecule has 0 spiro atoms. The molecule has 0 radical (unpaired) electrons. The fourth-order valence-corrected chi connectivity index (χ4v) is 3.68. The molecule has 4 heteroatoms. The van der Waals surface area contributed by atoms with Crippen LogP contribution in [-0.2, 0) is 14.3 Å². The fraction of sp³-hybridized carbons (Fsp3) is 0.917. The molecule has 1 aliphatic rings. The lowest BCUT2D eigenvalue weighted by atomic mass is 9.85. The second kappa shape index (κ2) is 18.0. The first kappa shape index (κ1) is 25.0. The van der Waals surface area contributed by atoms with Crippen molar-refractivity contribution in [2.45, 2.75) is 122 Å². The lowest BCUT2D eigenvalue weighted by Crippen LogP contribution is -2.37. The van der Waals surface area contributed by atoms with Crippen LogP contribution in [0.3, 0.4) is 0 Å². The Morgan fingerprint density at radius 2 is 1.21 bits per heavy atom. The first-order chi connectivity index (χ1) is 13.7. The molecule has 0 aromatic heterocycles. The number of ether oxygens (including phenoxy) is 1. The summed E-state index contributed by atoms with van der Waals surface area (Å²) in [5.74, 6) is -0.170. The van der Waals surface area contributed by atoms with Gasteiger partial charge in [-0.25, -0.2) is 0 Å². The number of nitrogens with one attached hydrogen (secondary N) is 1. The van der Waals surface area contributed by atoms with Gasteiger partial charge in [0.15, 0.2) is 0 Å². The highest BCUT2D eigenvalue weighted by Gasteiger charge is 2.25. The van der Waals surface area contributed by atoms with E-state index in [0.29, 0.717) is 6.61 Å². The summed E-state index contributed by atoms with van der Waals surface area (Å²) in [5, 5.41) is 2.68. The predicted octanol–water partition coefficient (Wildman–Crippen LogP) is 6.32. The van der Waals surface area contributed by atoms with Crippen LogP contribution in [0.15, 0.2) is 0 Å². The number of unbranched alkanes of at least 4 members (excludes halogenated alkanes) is 14. The number of esters is 1. The van der Waals surface area contributed by atoms with Gasteiger partial charge in [-0.15, -0.1) is 0 Å². The Kier molecular flexibility index (Phi) is 16.1. The highest BCUT2D eigenvalue weighted by Crippen LogP contribution is 2.26. The average molecular weight is 396 g/mol. The molecule has 1 N–H and O–H groups in total. The maximum atomic E-state index is 11.6. The number of carbonyl (C=O) groups is 2. The minimum atomic E-state index is -0.307. The summed E-state index contributed by atoms with van der Waals surface area (Å²) < 4.78 is 5.18. The Morgan fingerprint density at radius 1 is 0.750 bits per heavy atom. The van der Waals surface area contributed by atoms with E-state index in [4.69, 9.17) is 4.74 Å². The van der Waals surface area contributed by atoms with Crippen LogP contribution in [0.5, 0.6) is 0 Å². The van der Waals surface area contributed by atoms with Crippen molar-refractivity contribution in [3.63, 3.8) is 0 Å². The van der Waals surface area contributed by atoms with Crippen LogP contribution in [0.4, 0.5) is 0 Å². The van der Waals surface area contributed by atoms with Gasteiger partial charge in [0.25, 0.3) is 0 Å². The molecule has 1 saturated carbocycles. The molecule has 1 aliphatic carbocycles. The Bertz CT molecular complexity index is 393. The Balaban J connectivity index is 1.72. The third-order valence-corrected chi connectivity index (χ3v) is 5.89. The molecule has 1 fully saturated rings. The molecule has 1 rings (SSSR count). The van der Waals surface area contributed by atoms with E-state index in [9.17, 15) is 9.59 Å². The van der Waals surface area contributed by atoms with Crippen LogP contribution in [-0.4, -0.2) is 25.0 Å². The quantitative estimate of drug-likeness (QED) is 0.206.